The van der Waals surface area contributed by atoms with Crippen LogP contribution >= 0.6 is 0 Å². The molecule has 56 valence electrons. The van der Waals surface area contributed by atoms with E-state index in [4.69, 9.17) is 0 Å². The molecule has 3 heteroatoms. The summed E-state index contributed by atoms with van der Waals surface area (Å²) in [4.78, 5) is 0. The molecule has 10 heavy (non-hydrogen) atoms. The summed E-state index contributed by atoms with van der Waals surface area (Å²) >= 11 is 0. The Kier molecular flexibility index (Phi) is 6740. The number of hydrogen-bond donors (Lipinski definition) is 0. The molecule has 0 fully saturated rings. The van der Waals surface area contributed by atoms with Crippen LogP contribution in [0.3, 0.4) is 0 Å². The fourth-order valence-corrected chi connectivity index (χ4v) is 0. The largest absolute Gasteiger partial charge is 2.00 e. The molecule has 0 aliphatic heterocycles. The van der Waals surface area contributed by atoms with Gasteiger partial charge in [0.05, 0.1) is 0 Å². The molecule has 0 N–H and O–H groups in total. The quantitative estimate of drug-likeness (QED) is 0.395. The van der Waals surface area contributed by atoms with Gasteiger partial charge in [-0.15, -0.1) is 0 Å². The molecule has 0 nitrogen and oxygen atoms in total. The van der Waals surface area contributed by atoms with E-state index >= 15 is 0 Å². The molecule has 0 aromatic carbocycles. The van der Waals surface area contributed by atoms with Gasteiger partial charge in [-0.3, -0.25) is 0 Å². The number of hydrogen-bond acceptors (Lipinski definition) is 0. The molecule has 0 amide bonds. The molecular weight excluding hydrogens is 157 g/mol. The van der Waals surface area contributed by atoms with Gasteiger partial charge in [0.1, 0.15) is 0 Å². The van der Waals surface area contributed by atoms with Crippen molar-refractivity contribution < 1.29 is 0 Å². The fraction of sp³-hybridized carbons (Fsp3) is 0.143. The van der Waals surface area contributed by atoms with Gasteiger partial charge in [-0.2, -0.15) is 0 Å². The van der Waals surface area contributed by atoms with E-state index in [-0.39, 0.29) is 121 Å². The third-order valence-corrected chi connectivity index (χ3v) is 0. The van der Waals surface area contributed by atoms with E-state index in [1.165, 1.54) is 0 Å². The van der Waals surface area contributed by atoms with Crippen LogP contribution in [0, 0.1) is 44.6 Å². The van der Waals surface area contributed by atoms with Crippen molar-refractivity contribution >= 4 is 69.2 Å². The smallest absolute Gasteiger partial charge is 0.358 e. The molecule has 0 aliphatic carbocycles. The van der Waals surface area contributed by atoms with E-state index in [1.54, 1.807) is 0 Å². The van der Waals surface area contributed by atoms with Crippen molar-refractivity contribution in [2.45, 2.75) is 7.43 Å². The van der Waals surface area contributed by atoms with Crippen LogP contribution in [0.25, 0.3) is 0 Å². The molecule has 0 aromatic heterocycles. The Morgan fingerprint density at radius 2 is 0.300 bits per heavy atom. The Balaban J connectivity index is 0. The molecule has 0 aromatic rings. The van der Waals surface area contributed by atoms with Crippen LogP contribution in [0.1, 0.15) is 7.43 Å². The second kappa shape index (κ2) is 227. The van der Waals surface area contributed by atoms with Crippen molar-refractivity contribution in [2.24, 2.45) is 0 Å². The minimum absolute atomic E-state index is 0. The summed E-state index contributed by atoms with van der Waals surface area (Å²) in [6.45, 7) is 0. The molecule has 0 spiro atoms. The Bertz CT molecular complexity index is 8.81. The summed E-state index contributed by atoms with van der Waals surface area (Å²) < 4.78 is 0. The molecule has 0 atom stereocenters. The summed E-state index contributed by atoms with van der Waals surface area (Å²) in [5, 5.41) is 0. The predicted octanol–water partition coefficient (Wildman–Crippen LogP) is 2.20. The zero-order valence-corrected chi connectivity index (χ0v) is 12.4. The zero-order valence-electron chi connectivity index (χ0n) is 8.12. The van der Waals surface area contributed by atoms with Crippen molar-refractivity contribution in [3.8, 4) is 0 Å². The first kappa shape index (κ1) is 297. The maximum atomic E-state index is 0. The van der Waals surface area contributed by atoms with Crippen LogP contribution in [-0.4, -0.2) is 69.2 Å². The summed E-state index contributed by atoms with van der Waals surface area (Å²) in [5.41, 5.74) is 0. The van der Waals surface area contributed by atoms with Gasteiger partial charge in [-0.05, 0) is 0 Å². The van der Waals surface area contributed by atoms with Gasteiger partial charge in [0.15, 0.2) is 0 Å². The molecule has 0 rings (SSSR count). The maximum Gasteiger partial charge on any atom is 2.00 e. The van der Waals surface area contributed by atoms with Crippen LogP contribution < -0.4 is 0 Å². The topological polar surface area (TPSA) is 0 Å². The van der Waals surface area contributed by atoms with E-state index in [1.807, 2.05) is 0 Å². The molecule has 0 radical (unpaired) electrons. The van der Waals surface area contributed by atoms with Crippen LogP contribution in [0.4, 0.5) is 0 Å². The Morgan fingerprint density at radius 1 is 0.300 bits per heavy atom. The molecule has 0 saturated carbocycles. The summed E-state index contributed by atoms with van der Waals surface area (Å²) in [6, 6.07) is 0. The predicted molar refractivity (Wildman–Crippen MR) is 62.5 cm³/mol. The van der Waals surface area contributed by atoms with Gasteiger partial charge >= 0.3 is 69.2 Å². The second-order valence-corrected chi connectivity index (χ2v) is 0. The monoisotopic (exact) mass is 178 g/mol. The minimum Gasteiger partial charge on any atom is -0.358 e. The van der Waals surface area contributed by atoms with Gasteiger partial charge in [0.25, 0.3) is 0 Å². The van der Waals surface area contributed by atoms with E-state index in [9.17, 15) is 0 Å². The first-order valence-corrected chi connectivity index (χ1v) is 0. The van der Waals surface area contributed by atoms with Gasteiger partial charge in [-0.1, -0.05) is 7.43 Å². The van der Waals surface area contributed by atoms with Crippen LogP contribution in [0.2, 0.25) is 0 Å². The Morgan fingerprint density at radius 3 is 0.300 bits per heavy atom. The first-order chi connectivity index (χ1) is 0. The molecule has 0 heterocycles. The van der Waals surface area contributed by atoms with Crippen LogP contribution in [0.5, 0.6) is 0 Å². The number of rotatable bonds is 0. The molecule has 0 aliphatic rings. The summed E-state index contributed by atoms with van der Waals surface area (Å²) in [6.07, 6.45) is 0. The summed E-state index contributed by atoms with van der Waals surface area (Å²) in [7, 11) is 0. The minimum atomic E-state index is 0. The van der Waals surface area contributed by atoms with E-state index < -0.39 is 0 Å². The SMILES string of the molecule is C.[CH3-].[CH3-].[CH3-].[CH3-].[CH3-].[CH3-].[Mg+2].[Mg+2].[Mg+2]. The van der Waals surface area contributed by atoms with Gasteiger partial charge in [0, 0.05) is 0 Å². The van der Waals surface area contributed by atoms with Crippen LogP contribution in [0.15, 0.2) is 0 Å². The third kappa shape index (κ3) is 169. The third-order valence-electron chi connectivity index (χ3n) is 0. The van der Waals surface area contributed by atoms with E-state index in [0.29, 0.717) is 0 Å². The van der Waals surface area contributed by atoms with Crippen molar-refractivity contribution in [1.82, 2.24) is 0 Å². The zero-order chi connectivity index (χ0) is 0. The normalized spacial score (nSPS) is 0. The average molecular weight is 179 g/mol. The molecular formula is C7H22Mg3. The second-order valence-electron chi connectivity index (χ2n) is 0. The van der Waals surface area contributed by atoms with Crippen molar-refractivity contribution in [2.75, 3.05) is 0 Å². The van der Waals surface area contributed by atoms with Crippen molar-refractivity contribution in [1.29, 1.82) is 0 Å². The van der Waals surface area contributed by atoms with Crippen molar-refractivity contribution in [3.05, 3.63) is 44.6 Å². The first-order valence-electron chi connectivity index (χ1n) is 0. The van der Waals surface area contributed by atoms with E-state index in [0.717, 1.165) is 0 Å². The van der Waals surface area contributed by atoms with Gasteiger partial charge in [-0.25, -0.2) is 0 Å². The molecule has 0 saturated heterocycles. The average Bonchev–Trinajstić information content (AvgIpc) is 0. The summed E-state index contributed by atoms with van der Waals surface area (Å²) in [5.74, 6) is 0. The molecule has 0 bridgehead atoms. The van der Waals surface area contributed by atoms with E-state index in [2.05, 4.69) is 0 Å². The van der Waals surface area contributed by atoms with Gasteiger partial charge in [0.2, 0.25) is 0 Å². The van der Waals surface area contributed by atoms with Gasteiger partial charge < -0.3 is 44.6 Å². The van der Waals surface area contributed by atoms with Crippen molar-refractivity contribution in [3.63, 3.8) is 0 Å². The Hall–Kier alpha value is 2.30. The maximum absolute atomic E-state index is 0. The Labute approximate surface area is 120 Å². The molecule has 0 unspecified atom stereocenters. The fourth-order valence-electron chi connectivity index (χ4n) is 0. The van der Waals surface area contributed by atoms with Crippen LogP contribution in [-0.2, 0) is 0 Å². The standard InChI is InChI=1S/CH4.6CH3.3Mg/h1H4;6*1H3;;;/q;6*-1;3*+2.